The Morgan fingerprint density at radius 2 is 1.93 bits per heavy atom. The van der Waals surface area contributed by atoms with E-state index >= 15 is 0 Å². The van der Waals surface area contributed by atoms with Gasteiger partial charge in [0.1, 0.15) is 12.1 Å². The van der Waals surface area contributed by atoms with Crippen molar-refractivity contribution in [3.05, 3.63) is 42.8 Å². The molecule has 29 heavy (non-hydrogen) atoms. The van der Waals surface area contributed by atoms with Crippen LogP contribution in [0.1, 0.15) is 12.8 Å². The highest BCUT2D eigenvalue weighted by atomic mass is 16.5. The maximum atomic E-state index is 5.78. The first-order valence-electron chi connectivity index (χ1n) is 10.0. The number of hydrogen-bond donors (Lipinski definition) is 1. The highest BCUT2D eigenvalue weighted by Crippen LogP contribution is 2.27. The Bertz CT molecular complexity index is 837. The molecule has 0 amide bonds. The van der Waals surface area contributed by atoms with Gasteiger partial charge in [0.25, 0.3) is 0 Å². The second kappa shape index (κ2) is 9.47. The van der Waals surface area contributed by atoms with Gasteiger partial charge in [-0.15, -0.1) is 0 Å². The molecule has 1 saturated heterocycles. The van der Waals surface area contributed by atoms with Gasteiger partial charge in [0.05, 0.1) is 13.7 Å². The van der Waals surface area contributed by atoms with Crippen LogP contribution in [-0.2, 0) is 0 Å². The van der Waals surface area contributed by atoms with E-state index in [-0.39, 0.29) is 0 Å². The minimum atomic E-state index is 0.620. The summed E-state index contributed by atoms with van der Waals surface area (Å²) < 4.78 is 16.4. The van der Waals surface area contributed by atoms with Crippen LogP contribution in [0.15, 0.2) is 42.8 Å². The Kier molecular flexibility index (Phi) is 6.31. The third-order valence-electron chi connectivity index (χ3n) is 5.05. The summed E-state index contributed by atoms with van der Waals surface area (Å²) in [6, 6.07) is 9.62. The van der Waals surface area contributed by atoms with E-state index in [2.05, 4.69) is 25.1 Å². The van der Waals surface area contributed by atoms with Crippen molar-refractivity contribution in [2.75, 3.05) is 56.7 Å². The van der Waals surface area contributed by atoms with Gasteiger partial charge in [-0.05, 0) is 31.5 Å². The summed E-state index contributed by atoms with van der Waals surface area (Å²) in [5.41, 5.74) is 0. The zero-order valence-corrected chi connectivity index (χ0v) is 16.7. The Balaban J connectivity index is 1.13. The second-order valence-electron chi connectivity index (χ2n) is 6.98. The maximum absolute atomic E-state index is 5.78. The molecule has 4 heterocycles. The normalized spacial score (nSPS) is 16.0. The Labute approximate surface area is 171 Å². The van der Waals surface area contributed by atoms with Crippen LogP contribution in [-0.4, -0.2) is 61.3 Å². The highest BCUT2D eigenvalue weighted by Gasteiger charge is 2.18. The van der Waals surface area contributed by atoms with Crippen LogP contribution in [0.4, 0.5) is 11.6 Å². The van der Waals surface area contributed by atoms with Crippen LogP contribution in [0.25, 0.3) is 0 Å². The summed E-state index contributed by atoms with van der Waals surface area (Å²) in [5.74, 6) is 3.68. The zero-order chi connectivity index (χ0) is 19.9. The van der Waals surface area contributed by atoms with E-state index in [1.807, 2.05) is 30.3 Å². The molecule has 0 spiro atoms. The van der Waals surface area contributed by atoms with Gasteiger partial charge in [-0.2, -0.15) is 9.97 Å². The quantitative estimate of drug-likeness (QED) is 0.682. The van der Waals surface area contributed by atoms with Gasteiger partial charge in [0.2, 0.25) is 11.8 Å². The van der Waals surface area contributed by atoms with Crippen molar-refractivity contribution in [3.8, 4) is 17.5 Å². The lowest BCUT2D eigenvalue weighted by Gasteiger charge is -2.35. The van der Waals surface area contributed by atoms with Crippen molar-refractivity contribution in [1.82, 2.24) is 14.9 Å². The summed E-state index contributed by atoms with van der Waals surface area (Å²) in [5, 5.41) is 3.05. The number of rotatable bonds is 8. The van der Waals surface area contributed by atoms with Crippen molar-refractivity contribution >= 4 is 11.6 Å². The molecule has 0 radical (unpaired) electrons. The smallest absolute Gasteiger partial charge is 0.215 e. The molecule has 0 unspecified atom stereocenters. The van der Waals surface area contributed by atoms with Crippen LogP contribution < -0.4 is 24.4 Å². The molecular formula is C21H27N5O3. The maximum Gasteiger partial charge on any atom is 0.215 e. The first kappa shape index (κ1) is 19.3. The molecule has 1 fully saturated rings. The lowest BCUT2D eigenvalue weighted by molar-refractivity contribution is 0.236. The molecule has 0 aromatic carbocycles. The fraction of sp³-hybridized carbons (Fsp3) is 0.429. The van der Waals surface area contributed by atoms with Gasteiger partial charge in [-0.3, -0.25) is 4.90 Å². The SMILES string of the molecule is COc1cccc(N2CCN(CCCCOc3ccc4c(n3)NC=CO4)CC2)n1. The van der Waals surface area contributed by atoms with E-state index in [1.165, 1.54) is 0 Å². The third-order valence-corrected chi connectivity index (χ3v) is 5.05. The number of fused-ring (bicyclic) bond motifs is 1. The van der Waals surface area contributed by atoms with Crippen molar-refractivity contribution in [1.29, 1.82) is 0 Å². The summed E-state index contributed by atoms with van der Waals surface area (Å²) in [6.45, 7) is 5.81. The fourth-order valence-corrected chi connectivity index (χ4v) is 3.44. The van der Waals surface area contributed by atoms with Crippen LogP contribution in [0.2, 0.25) is 0 Å². The number of nitrogens with one attached hydrogen (secondary N) is 1. The van der Waals surface area contributed by atoms with Gasteiger partial charge < -0.3 is 24.4 Å². The molecule has 8 nitrogen and oxygen atoms in total. The first-order chi connectivity index (χ1) is 14.3. The molecule has 4 rings (SSSR count). The first-order valence-corrected chi connectivity index (χ1v) is 10.0. The molecule has 2 aromatic heterocycles. The summed E-state index contributed by atoms with van der Waals surface area (Å²) in [7, 11) is 1.65. The monoisotopic (exact) mass is 397 g/mol. The minimum Gasteiger partial charge on any atom is -0.481 e. The van der Waals surface area contributed by atoms with E-state index in [9.17, 15) is 0 Å². The molecule has 154 valence electrons. The average Bonchev–Trinajstić information content (AvgIpc) is 2.79. The molecule has 8 heteroatoms. The number of ether oxygens (including phenoxy) is 3. The number of pyridine rings is 2. The van der Waals surface area contributed by atoms with E-state index in [0.29, 0.717) is 29.9 Å². The van der Waals surface area contributed by atoms with Crippen molar-refractivity contribution < 1.29 is 14.2 Å². The number of nitrogens with zero attached hydrogens (tertiary/aromatic N) is 4. The van der Waals surface area contributed by atoms with Crippen LogP contribution >= 0.6 is 0 Å². The standard InChI is InChI=1S/C21H27N5O3/c1-27-19-6-4-5-18(23-19)26-13-11-25(12-14-26)10-2-3-15-29-20-8-7-17-21(24-20)22-9-16-28-17/h4-9,16H,2-3,10-15H2,1H3,(H,22,24). The molecule has 0 saturated carbocycles. The predicted octanol–water partition coefficient (Wildman–Crippen LogP) is 2.74. The largest absolute Gasteiger partial charge is 0.481 e. The second-order valence-corrected chi connectivity index (χ2v) is 6.98. The highest BCUT2D eigenvalue weighted by molar-refractivity contribution is 5.55. The predicted molar refractivity (Wildman–Crippen MR) is 112 cm³/mol. The van der Waals surface area contributed by atoms with E-state index in [4.69, 9.17) is 14.2 Å². The van der Waals surface area contributed by atoms with Crippen LogP contribution in [0.3, 0.4) is 0 Å². The molecule has 0 aliphatic carbocycles. The average molecular weight is 397 g/mol. The Hall–Kier alpha value is -3.00. The topological polar surface area (TPSA) is 72.0 Å². The van der Waals surface area contributed by atoms with Gasteiger partial charge >= 0.3 is 0 Å². The minimum absolute atomic E-state index is 0.620. The molecule has 1 N–H and O–H groups in total. The summed E-state index contributed by atoms with van der Waals surface area (Å²) in [6.07, 6.45) is 5.41. The number of hydrogen-bond acceptors (Lipinski definition) is 8. The van der Waals surface area contributed by atoms with Crippen molar-refractivity contribution in [2.24, 2.45) is 0 Å². The van der Waals surface area contributed by atoms with Crippen molar-refractivity contribution in [3.63, 3.8) is 0 Å². The van der Waals surface area contributed by atoms with E-state index in [1.54, 1.807) is 19.6 Å². The third kappa shape index (κ3) is 5.08. The van der Waals surface area contributed by atoms with Gasteiger partial charge in [-0.1, -0.05) is 6.07 Å². The molecule has 0 atom stereocenters. The lowest BCUT2D eigenvalue weighted by Crippen LogP contribution is -2.46. The summed E-state index contributed by atoms with van der Waals surface area (Å²) >= 11 is 0. The number of piperazine rings is 1. The number of unbranched alkanes of at least 4 members (excludes halogenated alkanes) is 1. The van der Waals surface area contributed by atoms with E-state index in [0.717, 1.165) is 51.4 Å². The van der Waals surface area contributed by atoms with Gasteiger partial charge in [-0.25, -0.2) is 0 Å². The number of anilines is 2. The van der Waals surface area contributed by atoms with Crippen LogP contribution in [0, 0.1) is 0 Å². The van der Waals surface area contributed by atoms with E-state index < -0.39 is 0 Å². The van der Waals surface area contributed by atoms with Crippen molar-refractivity contribution in [2.45, 2.75) is 12.8 Å². The molecular weight excluding hydrogens is 370 g/mol. The molecule has 2 aromatic rings. The van der Waals surface area contributed by atoms with Gasteiger partial charge in [0.15, 0.2) is 11.6 Å². The molecule has 2 aliphatic rings. The van der Waals surface area contributed by atoms with Gasteiger partial charge in [0, 0.05) is 44.5 Å². The molecule has 2 aliphatic heterocycles. The molecule has 0 bridgehead atoms. The summed E-state index contributed by atoms with van der Waals surface area (Å²) in [4.78, 5) is 13.8. The fourth-order valence-electron chi connectivity index (χ4n) is 3.44. The Morgan fingerprint density at radius 3 is 2.79 bits per heavy atom. The zero-order valence-electron chi connectivity index (χ0n) is 16.7. The Morgan fingerprint density at radius 1 is 1.03 bits per heavy atom. The lowest BCUT2D eigenvalue weighted by atomic mass is 10.2. The number of methoxy groups -OCH3 is 1. The van der Waals surface area contributed by atoms with Crippen LogP contribution in [0.5, 0.6) is 17.5 Å². The number of aromatic nitrogens is 2.